The molecular formula is C20H30O2SeSi. The van der Waals surface area contributed by atoms with Crippen molar-refractivity contribution in [2.45, 2.75) is 58.2 Å². The topological polar surface area (TPSA) is 26.3 Å². The summed E-state index contributed by atoms with van der Waals surface area (Å²) in [6.07, 6.45) is 5.05. The van der Waals surface area contributed by atoms with Crippen LogP contribution < -0.4 is 4.43 Å². The minimum absolute atomic E-state index is 0.458. The summed E-state index contributed by atoms with van der Waals surface area (Å²) in [6, 6.07) is 8.50. The summed E-state index contributed by atoms with van der Waals surface area (Å²) in [5.74, 6) is 0.990. The third kappa shape index (κ3) is 3.77. The fraction of sp³-hybridized carbons (Fsp3) is 0.450. The van der Waals surface area contributed by atoms with E-state index in [4.69, 9.17) is 4.43 Å². The Kier molecular flexibility index (Phi) is 6.30. The Labute approximate surface area is 153 Å². The Bertz CT molecular complexity index is 620. The van der Waals surface area contributed by atoms with Crippen LogP contribution in [0, 0.1) is 0 Å². The normalized spacial score (nSPS) is 16.7. The number of carbonyl (C=O) groups is 1. The Morgan fingerprint density at radius 2 is 1.46 bits per heavy atom. The average molecular weight is 410 g/mol. The van der Waals surface area contributed by atoms with Crippen molar-refractivity contribution in [2.24, 2.45) is 0 Å². The molecule has 0 spiro atoms. The van der Waals surface area contributed by atoms with Gasteiger partial charge in [-0.2, -0.15) is 0 Å². The van der Waals surface area contributed by atoms with Crippen molar-refractivity contribution >= 4 is 34.0 Å². The molecular weight excluding hydrogens is 379 g/mol. The van der Waals surface area contributed by atoms with Crippen LogP contribution in [-0.4, -0.2) is 29.6 Å². The average Bonchev–Trinajstić information content (AvgIpc) is 3.01. The van der Waals surface area contributed by atoms with Gasteiger partial charge in [-0.15, -0.1) is 0 Å². The predicted molar refractivity (Wildman–Crippen MR) is 109 cm³/mol. The summed E-state index contributed by atoms with van der Waals surface area (Å²) in [7, 11) is -1.90. The van der Waals surface area contributed by atoms with Gasteiger partial charge in [0.25, 0.3) is 0 Å². The fourth-order valence-electron chi connectivity index (χ4n) is 3.91. The molecule has 0 fully saturated rings. The van der Waals surface area contributed by atoms with Crippen LogP contribution in [0.2, 0.25) is 16.6 Å². The van der Waals surface area contributed by atoms with Crippen LogP contribution >= 0.6 is 0 Å². The molecule has 0 amide bonds. The SMILES string of the molecule is CC(C)[Si](Oc1ccc(C2=CC=C(C=O)[SeH2]2)cc1)(C(C)C)C(C)C. The molecule has 1 aromatic rings. The van der Waals surface area contributed by atoms with Crippen LogP contribution in [0.3, 0.4) is 0 Å². The summed E-state index contributed by atoms with van der Waals surface area (Å²) < 4.78 is 9.00. The van der Waals surface area contributed by atoms with Crippen molar-refractivity contribution in [3.05, 3.63) is 46.5 Å². The monoisotopic (exact) mass is 410 g/mol. The van der Waals surface area contributed by atoms with Gasteiger partial charge in [0.1, 0.15) is 0 Å². The van der Waals surface area contributed by atoms with Gasteiger partial charge in [-0.25, -0.2) is 0 Å². The van der Waals surface area contributed by atoms with E-state index >= 15 is 0 Å². The number of hydrogen-bond donors (Lipinski definition) is 0. The van der Waals surface area contributed by atoms with Gasteiger partial charge >= 0.3 is 154 Å². The second-order valence-electron chi connectivity index (χ2n) is 7.39. The van der Waals surface area contributed by atoms with Crippen molar-refractivity contribution in [3.63, 3.8) is 0 Å². The van der Waals surface area contributed by atoms with Gasteiger partial charge in [-0.05, 0) is 0 Å². The molecule has 0 atom stereocenters. The molecule has 2 rings (SSSR count). The summed E-state index contributed by atoms with van der Waals surface area (Å²) in [4.78, 5) is 10.9. The second-order valence-corrected chi connectivity index (χ2v) is 15.6. The second kappa shape index (κ2) is 7.86. The number of allylic oxidation sites excluding steroid dienone is 3. The van der Waals surface area contributed by atoms with Gasteiger partial charge in [-0.3, -0.25) is 0 Å². The standard InChI is InChI=1S/C20H30O2SeSi/c1-14(2)24(15(3)4,16(5)6)22-18-9-7-17(8-10-18)20-12-11-19(13-21)23-20/h7-16H,23H2,1-6H3. The molecule has 2 nitrogen and oxygen atoms in total. The first-order valence-electron chi connectivity index (χ1n) is 8.74. The van der Waals surface area contributed by atoms with E-state index in [2.05, 4.69) is 71.9 Å². The van der Waals surface area contributed by atoms with E-state index in [1.54, 1.807) is 0 Å². The summed E-state index contributed by atoms with van der Waals surface area (Å²) in [5, 5.41) is 0. The molecule has 0 saturated carbocycles. The molecule has 0 aliphatic carbocycles. The molecule has 1 aromatic carbocycles. The predicted octanol–water partition coefficient (Wildman–Crippen LogP) is 4.85. The quantitative estimate of drug-likeness (QED) is 0.476. The van der Waals surface area contributed by atoms with E-state index in [1.807, 2.05) is 6.08 Å². The Morgan fingerprint density at radius 3 is 1.88 bits per heavy atom. The number of aldehydes is 1. The molecule has 1 heterocycles. The van der Waals surface area contributed by atoms with E-state index in [-0.39, 0.29) is 0 Å². The maximum absolute atomic E-state index is 10.9. The molecule has 0 unspecified atom stereocenters. The zero-order valence-corrected chi connectivity index (χ0v) is 18.7. The van der Waals surface area contributed by atoms with E-state index in [1.165, 1.54) is 10.0 Å². The van der Waals surface area contributed by atoms with E-state index in [9.17, 15) is 4.79 Å². The third-order valence-electron chi connectivity index (χ3n) is 5.00. The minimum atomic E-state index is -1.90. The van der Waals surface area contributed by atoms with Gasteiger partial charge in [0.2, 0.25) is 0 Å². The van der Waals surface area contributed by atoms with E-state index < -0.39 is 23.3 Å². The molecule has 0 bridgehead atoms. The van der Waals surface area contributed by atoms with Crippen LogP contribution in [-0.2, 0) is 4.79 Å². The third-order valence-corrected chi connectivity index (χ3v) is 13.7. The molecule has 1 aliphatic rings. The van der Waals surface area contributed by atoms with Crippen molar-refractivity contribution in [1.29, 1.82) is 0 Å². The van der Waals surface area contributed by atoms with Gasteiger partial charge in [0.05, 0.1) is 0 Å². The molecule has 24 heavy (non-hydrogen) atoms. The van der Waals surface area contributed by atoms with Gasteiger partial charge in [0, 0.05) is 0 Å². The first kappa shape index (κ1) is 19.2. The molecule has 0 radical (unpaired) electrons. The Morgan fingerprint density at radius 1 is 0.917 bits per heavy atom. The number of benzene rings is 1. The van der Waals surface area contributed by atoms with Gasteiger partial charge < -0.3 is 0 Å². The van der Waals surface area contributed by atoms with Crippen LogP contribution in [0.15, 0.2) is 40.9 Å². The molecule has 0 N–H and O–H groups in total. The van der Waals surface area contributed by atoms with Gasteiger partial charge in [-0.1, -0.05) is 0 Å². The zero-order chi connectivity index (χ0) is 17.9. The summed E-state index contributed by atoms with van der Waals surface area (Å²) >= 11 is -0.458. The molecule has 132 valence electrons. The Hall–Kier alpha value is -1.09. The van der Waals surface area contributed by atoms with Crippen LogP contribution in [0.5, 0.6) is 5.75 Å². The summed E-state index contributed by atoms with van der Waals surface area (Å²) in [5.41, 5.74) is 2.93. The number of carbonyl (C=O) groups excluding carboxylic acids is 1. The van der Waals surface area contributed by atoms with Crippen LogP contribution in [0.1, 0.15) is 47.1 Å². The number of hydrogen-bond acceptors (Lipinski definition) is 2. The molecule has 0 saturated heterocycles. The zero-order valence-electron chi connectivity index (χ0n) is 15.6. The molecule has 1 aliphatic heterocycles. The van der Waals surface area contributed by atoms with Crippen LogP contribution in [0.4, 0.5) is 0 Å². The van der Waals surface area contributed by atoms with E-state index in [0.29, 0.717) is 16.6 Å². The van der Waals surface area contributed by atoms with Gasteiger partial charge in [0.15, 0.2) is 0 Å². The first-order valence-corrected chi connectivity index (χ1v) is 13.0. The van der Waals surface area contributed by atoms with Crippen molar-refractivity contribution in [1.82, 2.24) is 0 Å². The molecule has 4 heteroatoms. The maximum atomic E-state index is 10.9. The van der Waals surface area contributed by atoms with Crippen molar-refractivity contribution < 1.29 is 9.22 Å². The fourth-order valence-corrected chi connectivity index (χ4v) is 11.3. The van der Waals surface area contributed by atoms with E-state index in [0.717, 1.165) is 16.5 Å². The number of rotatable bonds is 7. The van der Waals surface area contributed by atoms with Crippen molar-refractivity contribution in [2.75, 3.05) is 0 Å². The molecule has 0 aromatic heterocycles. The van der Waals surface area contributed by atoms with Crippen molar-refractivity contribution in [3.8, 4) is 5.75 Å². The Balaban J connectivity index is 2.20. The van der Waals surface area contributed by atoms with Crippen LogP contribution in [0.25, 0.3) is 4.47 Å². The summed E-state index contributed by atoms with van der Waals surface area (Å²) in [6.45, 7) is 13.8. The first-order chi connectivity index (χ1) is 11.3.